The maximum atomic E-state index is 14.0. The van der Waals surface area contributed by atoms with E-state index in [4.69, 9.17) is 4.84 Å². The van der Waals surface area contributed by atoms with Crippen LogP contribution in [-0.2, 0) is 4.84 Å². The van der Waals surface area contributed by atoms with Crippen molar-refractivity contribution in [3.63, 3.8) is 0 Å². The second-order valence-electron chi connectivity index (χ2n) is 6.35. The van der Waals surface area contributed by atoms with E-state index in [1.54, 1.807) is 13.8 Å². The van der Waals surface area contributed by atoms with Crippen LogP contribution in [0.2, 0.25) is 0 Å². The van der Waals surface area contributed by atoms with Crippen molar-refractivity contribution in [2.24, 2.45) is 0 Å². The molecule has 0 saturated carbocycles. The molecule has 0 fully saturated rings. The first kappa shape index (κ1) is 21.1. The van der Waals surface area contributed by atoms with E-state index in [2.05, 4.69) is 49.3 Å². The molecule has 0 aliphatic heterocycles. The Bertz CT molecular complexity index is 830. The van der Waals surface area contributed by atoms with E-state index in [0.717, 1.165) is 14.8 Å². The number of hydrogen-bond donors (Lipinski definition) is 3. The second kappa shape index (κ2) is 8.64. The van der Waals surface area contributed by atoms with Crippen LogP contribution in [0.3, 0.4) is 0 Å². The summed E-state index contributed by atoms with van der Waals surface area (Å²) in [5.74, 6) is -1.05. The SMILES string of the molecule is Cc1cc(I)ccc1Nc1cc(F)c(Br)cc1C(=O)NOC(C)(C)CO. The maximum Gasteiger partial charge on any atom is 0.277 e. The van der Waals surface area contributed by atoms with Gasteiger partial charge in [-0.25, -0.2) is 9.87 Å². The van der Waals surface area contributed by atoms with E-state index >= 15 is 0 Å². The summed E-state index contributed by atoms with van der Waals surface area (Å²) < 4.78 is 15.3. The number of aryl methyl sites for hydroxylation is 1. The molecule has 0 bridgehead atoms. The van der Waals surface area contributed by atoms with E-state index in [9.17, 15) is 14.3 Å². The van der Waals surface area contributed by atoms with Crippen molar-refractivity contribution in [2.45, 2.75) is 26.4 Å². The Morgan fingerprint density at radius 3 is 2.62 bits per heavy atom. The lowest BCUT2D eigenvalue weighted by Crippen LogP contribution is -2.38. The molecule has 3 N–H and O–H groups in total. The van der Waals surface area contributed by atoms with Gasteiger partial charge in [0.25, 0.3) is 5.91 Å². The summed E-state index contributed by atoms with van der Waals surface area (Å²) in [4.78, 5) is 17.7. The van der Waals surface area contributed by atoms with Crippen molar-refractivity contribution in [3.8, 4) is 0 Å². The van der Waals surface area contributed by atoms with Crippen LogP contribution in [0.5, 0.6) is 0 Å². The standard InChI is InChI=1S/C18H19BrFIN2O3/c1-10-6-11(21)4-5-15(10)22-16-8-14(20)13(19)7-12(16)17(25)23-26-18(2,3)9-24/h4-8,22,24H,9H2,1-3H3,(H,23,25). The lowest BCUT2D eigenvalue weighted by Gasteiger charge is -2.22. The van der Waals surface area contributed by atoms with E-state index in [-0.39, 0.29) is 16.6 Å². The van der Waals surface area contributed by atoms with Gasteiger partial charge in [0.1, 0.15) is 11.4 Å². The fourth-order valence-corrected chi connectivity index (χ4v) is 3.01. The Morgan fingerprint density at radius 2 is 2.00 bits per heavy atom. The Balaban J connectivity index is 2.33. The molecule has 0 atom stereocenters. The maximum absolute atomic E-state index is 14.0. The van der Waals surface area contributed by atoms with Gasteiger partial charge in [-0.1, -0.05) is 0 Å². The molecular weight excluding hydrogens is 518 g/mol. The van der Waals surface area contributed by atoms with Crippen LogP contribution in [-0.4, -0.2) is 23.2 Å². The number of benzene rings is 2. The third kappa shape index (κ3) is 5.38. The van der Waals surface area contributed by atoms with Crippen LogP contribution in [0, 0.1) is 16.3 Å². The van der Waals surface area contributed by atoms with E-state index < -0.39 is 17.3 Å². The largest absolute Gasteiger partial charge is 0.393 e. The number of halogens is 3. The van der Waals surface area contributed by atoms with Crippen LogP contribution >= 0.6 is 38.5 Å². The monoisotopic (exact) mass is 536 g/mol. The number of rotatable bonds is 6. The van der Waals surface area contributed by atoms with Gasteiger partial charge >= 0.3 is 0 Å². The number of nitrogens with one attached hydrogen (secondary N) is 2. The van der Waals surface area contributed by atoms with Crippen molar-refractivity contribution >= 4 is 55.8 Å². The number of anilines is 2. The second-order valence-corrected chi connectivity index (χ2v) is 8.45. The van der Waals surface area contributed by atoms with Gasteiger partial charge in [-0.05, 0) is 95.2 Å². The highest BCUT2D eigenvalue weighted by molar-refractivity contribution is 14.1. The Hall–Kier alpha value is -1.23. The number of amides is 1. The Labute approximate surface area is 173 Å². The molecule has 0 heterocycles. The molecule has 0 spiro atoms. The van der Waals surface area contributed by atoms with Crippen LogP contribution in [0.15, 0.2) is 34.8 Å². The number of aliphatic hydroxyl groups is 1. The molecule has 140 valence electrons. The number of carbonyl (C=O) groups excluding carboxylic acids is 1. The van der Waals surface area contributed by atoms with Crippen LogP contribution < -0.4 is 10.8 Å². The quantitative estimate of drug-likeness (QED) is 0.370. The van der Waals surface area contributed by atoms with Gasteiger partial charge < -0.3 is 10.4 Å². The van der Waals surface area contributed by atoms with Crippen LogP contribution in [0.25, 0.3) is 0 Å². The molecule has 2 aromatic carbocycles. The molecule has 1 amide bonds. The van der Waals surface area contributed by atoms with Crippen molar-refractivity contribution in [2.75, 3.05) is 11.9 Å². The normalized spacial score (nSPS) is 11.3. The van der Waals surface area contributed by atoms with Gasteiger partial charge in [-0.2, -0.15) is 0 Å². The van der Waals surface area contributed by atoms with Crippen molar-refractivity contribution in [1.82, 2.24) is 5.48 Å². The number of hydroxylamine groups is 1. The summed E-state index contributed by atoms with van der Waals surface area (Å²) in [5.41, 5.74) is 3.59. The highest BCUT2D eigenvalue weighted by atomic mass is 127. The van der Waals surface area contributed by atoms with Crippen molar-refractivity contribution in [3.05, 3.63) is 55.3 Å². The molecule has 2 rings (SSSR count). The number of carbonyl (C=O) groups is 1. The lowest BCUT2D eigenvalue weighted by atomic mass is 10.1. The highest BCUT2D eigenvalue weighted by Crippen LogP contribution is 2.29. The third-order valence-corrected chi connectivity index (χ3v) is 4.84. The van der Waals surface area contributed by atoms with Crippen LogP contribution in [0.4, 0.5) is 15.8 Å². The lowest BCUT2D eigenvalue weighted by molar-refractivity contribution is -0.0956. The molecular formula is C18H19BrFIN2O3. The van der Waals surface area contributed by atoms with E-state index in [1.165, 1.54) is 12.1 Å². The summed E-state index contributed by atoms with van der Waals surface area (Å²) in [5, 5.41) is 12.3. The fourth-order valence-electron chi connectivity index (χ4n) is 2.02. The van der Waals surface area contributed by atoms with Gasteiger partial charge in [-0.3, -0.25) is 9.63 Å². The summed E-state index contributed by atoms with van der Waals surface area (Å²) >= 11 is 5.30. The first-order valence-electron chi connectivity index (χ1n) is 7.74. The fraction of sp³-hybridized carbons (Fsp3) is 0.278. The predicted octanol–water partition coefficient (Wildman–Crippen LogP) is 4.68. The summed E-state index contributed by atoms with van der Waals surface area (Å²) in [6, 6.07) is 8.38. The number of aliphatic hydroxyl groups excluding tert-OH is 1. The van der Waals surface area contributed by atoms with Gasteiger partial charge in [0.05, 0.1) is 22.3 Å². The minimum atomic E-state index is -0.937. The van der Waals surface area contributed by atoms with Gasteiger partial charge in [-0.15, -0.1) is 0 Å². The minimum Gasteiger partial charge on any atom is -0.393 e. The van der Waals surface area contributed by atoms with Crippen LogP contribution in [0.1, 0.15) is 29.8 Å². The van der Waals surface area contributed by atoms with Gasteiger partial charge in [0.15, 0.2) is 0 Å². The molecule has 26 heavy (non-hydrogen) atoms. The van der Waals surface area contributed by atoms with Gasteiger partial charge in [0.2, 0.25) is 0 Å². The summed E-state index contributed by atoms with van der Waals surface area (Å²) in [6.07, 6.45) is 0. The molecule has 0 unspecified atom stereocenters. The predicted molar refractivity (Wildman–Crippen MR) is 111 cm³/mol. The Kier molecular flexibility index (Phi) is 7.00. The molecule has 0 radical (unpaired) electrons. The third-order valence-electron chi connectivity index (χ3n) is 3.56. The van der Waals surface area contributed by atoms with Crippen molar-refractivity contribution < 1.29 is 19.1 Å². The first-order valence-corrected chi connectivity index (χ1v) is 9.61. The number of hydrogen-bond acceptors (Lipinski definition) is 4. The molecule has 8 heteroatoms. The average molecular weight is 537 g/mol. The van der Waals surface area contributed by atoms with Crippen molar-refractivity contribution in [1.29, 1.82) is 0 Å². The topological polar surface area (TPSA) is 70.6 Å². The molecule has 0 aliphatic rings. The molecule has 5 nitrogen and oxygen atoms in total. The molecule has 0 saturated heterocycles. The highest BCUT2D eigenvalue weighted by Gasteiger charge is 2.21. The molecule has 0 aliphatic carbocycles. The van der Waals surface area contributed by atoms with E-state index in [0.29, 0.717) is 5.69 Å². The molecule has 0 aromatic heterocycles. The zero-order valence-electron chi connectivity index (χ0n) is 14.5. The molecule has 2 aromatic rings. The average Bonchev–Trinajstić information content (AvgIpc) is 2.58. The zero-order valence-corrected chi connectivity index (χ0v) is 18.2. The Morgan fingerprint density at radius 1 is 1.31 bits per heavy atom. The summed E-state index contributed by atoms with van der Waals surface area (Å²) in [6.45, 7) is 4.91. The van der Waals surface area contributed by atoms with E-state index in [1.807, 2.05) is 25.1 Å². The minimum absolute atomic E-state index is 0.161. The zero-order chi connectivity index (χ0) is 19.5. The first-order chi connectivity index (χ1) is 12.1. The van der Waals surface area contributed by atoms with Gasteiger partial charge in [0, 0.05) is 9.26 Å². The summed E-state index contributed by atoms with van der Waals surface area (Å²) in [7, 11) is 0. The smallest absolute Gasteiger partial charge is 0.277 e.